The molecule has 0 amide bonds. The Morgan fingerprint density at radius 1 is 0.882 bits per heavy atom. The molecule has 5 rings (SSSR count). The van der Waals surface area contributed by atoms with E-state index in [1.165, 1.54) is 5.56 Å². The Balaban J connectivity index is 0.000000352. The standard InChI is InChI=1S/C22H24N6OS.3C2HF3O2/c1-26-9-10-27(12-17-4-3-8-23-22(17)29-2)14-20(26)21-19-6-5-16(13-28(19)25-24-21)18-7-11-30-15-18;3*3-2(4,5)1(6)7/h3-8,11,13,15,20H,9-10,12,14H2,1-2H3;3*(H,6,7). The molecular formula is C28H27F9N6O7S. The summed E-state index contributed by atoms with van der Waals surface area (Å²) in [6.45, 7) is 3.66. The number of fused-ring (bicyclic) bond motifs is 1. The van der Waals surface area contributed by atoms with Crippen molar-refractivity contribution in [1.29, 1.82) is 0 Å². The summed E-state index contributed by atoms with van der Waals surface area (Å²) in [5.41, 5.74) is 5.56. The molecule has 0 aliphatic carbocycles. The van der Waals surface area contributed by atoms with Crippen molar-refractivity contribution in [3.8, 4) is 17.0 Å². The summed E-state index contributed by atoms with van der Waals surface area (Å²) in [4.78, 5) is 35.8. The summed E-state index contributed by atoms with van der Waals surface area (Å²) < 4.78 is 103. The third-order valence-electron chi connectivity index (χ3n) is 6.51. The van der Waals surface area contributed by atoms with Gasteiger partial charge in [-0.2, -0.15) is 50.9 Å². The van der Waals surface area contributed by atoms with Crippen molar-refractivity contribution in [2.24, 2.45) is 0 Å². The van der Waals surface area contributed by atoms with Gasteiger partial charge in [-0.3, -0.25) is 9.80 Å². The zero-order chi connectivity index (χ0) is 38.7. The lowest BCUT2D eigenvalue weighted by atomic mass is 10.1. The van der Waals surface area contributed by atoms with Crippen LogP contribution in [0.25, 0.3) is 16.6 Å². The number of ether oxygens (including phenoxy) is 1. The van der Waals surface area contributed by atoms with E-state index in [0.29, 0.717) is 5.88 Å². The van der Waals surface area contributed by atoms with E-state index in [2.05, 4.69) is 73.4 Å². The number of pyridine rings is 2. The molecule has 1 saturated heterocycles. The number of rotatable bonds is 5. The number of nitrogens with zero attached hydrogens (tertiary/aromatic N) is 6. The first-order chi connectivity index (χ1) is 23.6. The van der Waals surface area contributed by atoms with Gasteiger partial charge in [0.1, 0.15) is 5.69 Å². The number of likely N-dealkylation sites (N-methyl/N-ethyl adjacent to an activating group) is 1. The van der Waals surface area contributed by atoms with Crippen LogP contribution in [0.15, 0.2) is 53.5 Å². The van der Waals surface area contributed by atoms with Crippen molar-refractivity contribution in [2.45, 2.75) is 31.1 Å². The van der Waals surface area contributed by atoms with Crippen LogP contribution in [0.5, 0.6) is 5.88 Å². The normalized spacial score (nSPS) is 15.3. The molecule has 1 aliphatic heterocycles. The number of aromatic nitrogens is 4. The van der Waals surface area contributed by atoms with E-state index in [0.717, 1.165) is 48.5 Å². The highest BCUT2D eigenvalue weighted by molar-refractivity contribution is 7.08. The SMILES string of the molecule is COc1ncccc1CN1CCN(C)C(c2nnn3cc(-c4ccsc4)ccc23)C1.O=C(O)C(F)(F)F.O=C(O)C(F)(F)F.O=C(O)C(F)(F)F. The number of piperazine rings is 1. The molecule has 1 atom stereocenters. The predicted octanol–water partition coefficient (Wildman–Crippen LogP) is 5.25. The third-order valence-corrected chi connectivity index (χ3v) is 7.19. The molecule has 0 saturated carbocycles. The highest BCUT2D eigenvalue weighted by Gasteiger charge is 2.39. The number of alkyl halides is 9. The number of carboxylic acid groups (broad SMARTS) is 3. The maximum atomic E-state index is 10.6. The molecule has 3 N–H and O–H groups in total. The van der Waals surface area contributed by atoms with Crippen LogP contribution in [0.1, 0.15) is 17.3 Å². The van der Waals surface area contributed by atoms with Crippen LogP contribution in [-0.2, 0) is 20.9 Å². The van der Waals surface area contributed by atoms with Gasteiger partial charge in [0, 0.05) is 49.7 Å². The Morgan fingerprint density at radius 3 is 1.94 bits per heavy atom. The first kappa shape index (κ1) is 42.1. The number of hydrogen-bond acceptors (Lipinski definition) is 10. The van der Waals surface area contributed by atoms with Crippen LogP contribution in [0.3, 0.4) is 0 Å². The van der Waals surface area contributed by atoms with Crippen LogP contribution >= 0.6 is 11.3 Å². The number of thiophene rings is 1. The molecular weight excluding hydrogens is 735 g/mol. The summed E-state index contributed by atoms with van der Waals surface area (Å²) in [6, 6.07) is 10.7. The quantitative estimate of drug-likeness (QED) is 0.226. The Bertz CT molecular complexity index is 1690. The smallest absolute Gasteiger partial charge is 0.481 e. The molecule has 1 unspecified atom stereocenters. The summed E-state index contributed by atoms with van der Waals surface area (Å²) in [5.74, 6) is -7.57. The zero-order valence-corrected chi connectivity index (χ0v) is 26.9. The van der Waals surface area contributed by atoms with E-state index in [1.807, 2.05) is 10.6 Å². The van der Waals surface area contributed by atoms with E-state index in [9.17, 15) is 39.5 Å². The highest BCUT2D eigenvalue weighted by Crippen LogP contribution is 2.29. The maximum absolute atomic E-state index is 10.6. The highest BCUT2D eigenvalue weighted by atomic mass is 32.1. The summed E-state index contributed by atoms with van der Waals surface area (Å²) in [7, 11) is 3.84. The largest absolute Gasteiger partial charge is 0.490 e. The minimum Gasteiger partial charge on any atom is -0.481 e. The van der Waals surface area contributed by atoms with E-state index < -0.39 is 36.4 Å². The van der Waals surface area contributed by atoms with Gasteiger partial charge in [-0.25, -0.2) is 23.9 Å². The third kappa shape index (κ3) is 13.0. The molecule has 0 spiro atoms. The average Bonchev–Trinajstić information content (AvgIpc) is 3.72. The van der Waals surface area contributed by atoms with Gasteiger partial charge < -0.3 is 20.1 Å². The Labute approximate surface area is 285 Å². The van der Waals surface area contributed by atoms with Crippen LogP contribution in [0, 0.1) is 0 Å². The minimum atomic E-state index is -5.08. The predicted molar refractivity (Wildman–Crippen MR) is 159 cm³/mol. The molecule has 280 valence electrons. The van der Waals surface area contributed by atoms with Gasteiger partial charge in [0.05, 0.1) is 18.7 Å². The summed E-state index contributed by atoms with van der Waals surface area (Å²) in [6.07, 6.45) is -11.4. The topological polar surface area (TPSA) is 171 Å². The molecule has 0 radical (unpaired) electrons. The maximum Gasteiger partial charge on any atom is 0.490 e. The lowest BCUT2D eigenvalue weighted by molar-refractivity contribution is -0.193. The molecule has 4 aromatic heterocycles. The van der Waals surface area contributed by atoms with Gasteiger partial charge in [0.15, 0.2) is 0 Å². The van der Waals surface area contributed by atoms with Crippen LogP contribution < -0.4 is 4.74 Å². The first-order valence-electron chi connectivity index (χ1n) is 13.7. The van der Waals surface area contributed by atoms with Crippen molar-refractivity contribution < 1.29 is 74.0 Å². The lowest BCUT2D eigenvalue weighted by Gasteiger charge is -2.38. The number of hydrogen-bond donors (Lipinski definition) is 3. The molecule has 1 aliphatic rings. The zero-order valence-electron chi connectivity index (χ0n) is 26.1. The molecule has 0 aromatic carbocycles. The van der Waals surface area contributed by atoms with Crippen molar-refractivity contribution in [3.05, 3.63) is 64.7 Å². The molecule has 0 bridgehead atoms. The minimum absolute atomic E-state index is 0.186. The molecule has 51 heavy (non-hydrogen) atoms. The number of halogens is 9. The van der Waals surface area contributed by atoms with Crippen LogP contribution in [0.4, 0.5) is 39.5 Å². The molecule has 23 heteroatoms. The van der Waals surface area contributed by atoms with Gasteiger partial charge in [0.2, 0.25) is 5.88 Å². The molecule has 4 aromatic rings. The van der Waals surface area contributed by atoms with Crippen molar-refractivity contribution in [1.82, 2.24) is 29.6 Å². The molecule has 5 heterocycles. The van der Waals surface area contributed by atoms with Gasteiger partial charge in [0.25, 0.3) is 0 Å². The van der Waals surface area contributed by atoms with Crippen LogP contribution in [-0.4, -0.2) is 115 Å². The van der Waals surface area contributed by atoms with Gasteiger partial charge >= 0.3 is 36.4 Å². The second-order valence-corrected chi connectivity index (χ2v) is 10.8. The van der Waals surface area contributed by atoms with E-state index in [4.69, 9.17) is 34.4 Å². The van der Waals surface area contributed by atoms with Crippen molar-refractivity contribution in [3.63, 3.8) is 0 Å². The number of methoxy groups -OCH3 is 1. The summed E-state index contributed by atoms with van der Waals surface area (Å²) in [5, 5.41) is 34.6. The Kier molecular flexibility index (Phi) is 14.7. The van der Waals surface area contributed by atoms with Crippen LogP contribution in [0.2, 0.25) is 0 Å². The first-order valence-corrected chi connectivity index (χ1v) is 14.7. The fraction of sp³-hybridized carbons (Fsp3) is 0.357. The molecule has 1 fully saturated rings. The second-order valence-electron chi connectivity index (χ2n) is 10.0. The average molecular weight is 763 g/mol. The monoisotopic (exact) mass is 762 g/mol. The fourth-order valence-corrected chi connectivity index (χ4v) is 4.75. The van der Waals surface area contributed by atoms with E-state index in [1.54, 1.807) is 24.6 Å². The summed E-state index contributed by atoms with van der Waals surface area (Å²) >= 11 is 1.70. The van der Waals surface area contributed by atoms with E-state index >= 15 is 0 Å². The van der Waals surface area contributed by atoms with Gasteiger partial charge in [-0.05, 0) is 41.6 Å². The van der Waals surface area contributed by atoms with E-state index in [-0.39, 0.29) is 6.04 Å². The number of aliphatic carboxylic acids is 3. The number of carboxylic acids is 3. The van der Waals surface area contributed by atoms with Gasteiger partial charge in [-0.15, -0.1) is 5.10 Å². The van der Waals surface area contributed by atoms with Crippen molar-refractivity contribution >= 4 is 34.8 Å². The van der Waals surface area contributed by atoms with Crippen molar-refractivity contribution in [2.75, 3.05) is 33.8 Å². The number of carbonyl (C=O) groups is 3. The Morgan fingerprint density at radius 2 is 1.45 bits per heavy atom. The fourth-order valence-electron chi connectivity index (χ4n) is 4.09. The Hall–Kier alpha value is -5.03. The molecule has 13 nitrogen and oxygen atoms in total. The second kappa shape index (κ2) is 17.8. The lowest BCUT2D eigenvalue weighted by Crippen LogP contribution is -2.46. The van der Waals surface area contributed by atoms with Gasteiger partial charge in [-0.1, -0.05) is 17.3 Å².